The second-order valence-corrected chi connectivity index (χ2v) is 10.8. The van der Waals surface area contributed by atoms with Gasteiger partial charge in [-0.15, -0.1) is 0 Å². The van der Waals surface area contributed by atoms with Crippen molar-refractivity contribution in [3.8, 4) is 0 Å². The average molecular weight is 324 g/mol. The molecule has 0 saturated heterocycles. The van der Waals surface area contributed by atoms with Crippen LogP contribution in [0.15, 0.2) is 4.99 Å². The molecule has 0 aliphatic heterocycles. The van der Waals surface area contributed by atoms with Gasteiger partial charge in [0.1, 0.15) is 0 Å². The van der Waals surface area contributed by atoms with E-state index in [1.807, 2.05) is 6.92 Å². The summed E-state index contributed by atoms with van der Waals surface area (Å²) in [6.45, 7) is 1.58. The molecule has 1 aliphatic rings. The zero-order valence-corrected chi connectivity index (χ0v) is 14.4. The summed E-state index contributed by atoms with van der Waals surface area (Å²) in [5.41, 5.74) is 0. The van der Waals surface area contributed by atoms with E-state index in [9.17, 15) is 4.57 Å². The first-order valence-electron chi connectivity index (χ1n) is 7.05. The third-order valence-corrected chi connectivity index (χ3v) is 9.47. The van der Waals surface area contributed by atoms with Gasteiger partial charge >= 0.3 is 6.72 Å². The van der Waals surface area contributed by atoms with E-state index in [-0.39, 0.29) is 0 Å². The molecule has 0 amide bonds. The van der Waals surface area contributed by atoms with Gasteiger partial charge in [-0.2, -0.15) is 0 Å². The van der Waals surface area contributed by atoms with Crippen LogP contribution in [0.5, 0.6) is 0 Å². The first-order valence-corrected chi connectivity index (χ1v) is 11.6. The Hall–Kier alpha value is 0.360. The number of nitrogens with zero attached hydrogens (tertiary/aromatic N) is 1. The highest BCUT2D eigenvalue weighted by atomic mass is 33.3. The van der Waals surface area contributed by atoms with Crippen molar-refractivity contribution >= 4 is 34.3 Å². The van der Waals surface area contributed by atoms with Crippen LogP contribution in [0.1, 0.15) is 52.4 Å². The van der Waals surface area contributed by atoms with E-state index in [1.54, 1.807) is 17.1 Å². The standard InChI is InChI=1S/C12H25N2O2PS2/c1-3-10-18-19-17(15,16-4-2)14-11-13-12-8-6-5-7-9-12/h11-12H,3-10H2,1-2H3,(H,13,14,15). The molecule has 1 N–H and O–H groups in total. The smallest absolute Gasteiger partial charge is 0.306 e. The van der Waals surface area contributed by atoms with Gasteiger partial charge in [0.2, 0.25) is 0 Å². The number of hydrogen-bond acceptors (Lipinski definition) is 5. The predicted molar refractivity (Wildman–Crippen MR) is 88.1 cm³/mol. The lowest BCUT2D eigenvalue weighted by atomic mass is 9.96. The third kappa shape index (κ3) is 7.64. The molecule has 0 spiro atoms. The summed E-state index contributed by atoms with van der Waals surface area (Å²) in [7, 11) is 2.90. The number of hydrogen-bond donors (Lipinski definition) is 1. The molecule has 1 aliphatic carbocycles. The zero-order valence-electron chi connectivity index (χ0n) is 11.8. The lowest BCUT2D eigenvalue weighted by Gasteiger charge is -2.18. The van der Waals surface area contributed by atoms with Crippen molar-refractivity contribution in [1.82, 2.24) is 5.09 Å². The maximum atomic E-state index is 12.4. The van der Waals surface area contributed by atoms with Crippen LogP contribution < -0.4 is 5.09 Å². The van der Waals surface area contributed by atoms with Crippen molar-refractivity contribution in [3.63, 3.8) is 0 Å². The van der Waals surface area contributed by atoms with Gasteiger partial charge in [-0.25, -0.2) is 0 Å². The van der Waals surface area contributed by atoms with E-state index in [0.29, 0.717) is 12.6 Å². The van der Waals surface area contributed by atoms with Crippen LogP contribution in [-0.4, -0.2) is 24.7 Å². The Morgan fingerprint density at radius 1 is 1.37 bits per heavy atom. The zero-order chi connectivity index (χ0) is 14.0. The summed E-state index contributed by atoms with van der Waals surface area (Å²) in [6, 6.07) is 0.393. The first-order chi connectivity index (χ1) is 9.20. The molecule has 0 aromatic rings. The van der Waals surface area contributed by atoms with Crippen LogP contribution in [0.2, 0.25) is 0 Å². The first kappa shape index (κ1) is 17.4. The van der Waals surface area contributed by atoms with E-state index >= 15 is 0 Å². The van der Waals surface area contributed by atoms with Gasteiger partial charge in [0.15, 0.2) is 0 Å². The minimum absolute atomic E-state index is 0.393. The molecule has 1 unspecified atom stereocenters. The van der Waals surface area contributed by atoms with Crippen LogP contribution >= 0.6 is 27.9 Å². The fourth-order valence-electron chi connectivity index (χ4n) is 1.88. The molecule has 1 rings (SSSR count). The molecular formula is C12H25N2O2PS2. The van der Waals surface area contributed by atoms with E-state index in [0.717, 1.165) is 25.0 Å². The number of nitrogens with one attached hydrogen (secondary N) is 1. The minimum atomic E-state index is -2.84. The summed E-state index contributed by atoms with van der Waals surface area (Å²) in [6.07, 6.45) is 8.80. The van der Waals surface area contributed by atoms with E-state index in [4.69, 9.17) is 4.52 Å². The lowest BCUT2D eigenvalue weighted by molar-refractivity contribution is 0.343. The van der Waals surface area contributed by atoms with Crippen LogP contribution in [0, 0.1) is 0 Å². The van der Waals surface area contributed by atoms with Crippen LogP contribution in [0.3, 0.4) is 0 Å². The third-order valence-electron chi connectivity index (χ3n) is 2.81. The Bertz CT molecular complexity index is 310. The molecular weight excluding hydrogens is 299 g/mol. The molecule has 1 saturated carbocycles. The SMILES string of the molecule is CCCSSP(=O)(NC=NC1CCCCC1)OCC. The van der Waals surface area contributed by atoms with Crippen LogP contribution in [0.4, 0.5) is 0 Å². The lowest BCUT2D eigenvalue weighted by Crippen LogP contribution is -2.14. The second-order valence-electron chi connectivity index (χ2n) is 4.51. The molecule has 0 bridgehead atoms. The Morgan fingerprint density at radius 2 is 2.11 bits per heavy atom. The Balaban J connectivity index is 2.38. The highest BCUT2D eigenvalue weighted by Gasteiger charge is 2.22. The maximum absolute atomic E-state index is 12.4. The summed E-state index contributed by atoms with van der Waals surface area (Å²) >= 11 is 0. The molecule has 0 aromatic carbocycles. The Morgan fingerprint density at radius 3 is 2.74 bits per heavy atom. The maximum Gasteiger partial charge on any atom is 0.362 e. The van der Waals surface area contributed by atoms with E-state index in [2.05, 4.69) is 17.0 Å². The van der Waals surface area contributed by atoms with E-state index < -0.39 is 6.72 Å². The fourth-order valence-corrected chi connectivity index (χ4v) is 7.52. The molecule has 0 heterocycles. The fraction of sp³-hybridized carbons (Fsp3) is 0.917. The highest BCUT2D eigenvalue weighted by Crippen LogP contribution is 2.61. The summed E-state index contributed by atoms with van der Waals surface area (Å²) in [5.74, 6) is 0.975. The molecule has 0 radical (unpaired) electrons. The molecule has 0 aromatic heterocycles. The number of aliphatic imine (C=N–C) groups is 1. The monoisotopic (exact) mass is 324 g/mol. The second kappa shape index (κ2) is 10.1. The molecule has 19 heavy (non-hydrogen) atoms. The Kier molecular flexibility index (Phi) is 9.29. The summed E-state index contributed by atoms with van der Waals surface area (Å²) in [4.78, 5) is 4.47. The van der Waals surface area contributed by atoms with Crippen molar-refractivity contribution in [3.05, 3.63) is 0 Å². The quantitative estimate of drug-likeness (QED) is 0.215. The van der Waals surface area contributed by atoms with Crippen LogP contribution in [-0.2, 0) is 9.09 Å². The topological polar surface area (TPSA) is 50.7 Å². The minimum Gasteiger partial charge on any atom is -0.306 e. The van der Waals surface area contributed by atoms with Crippen molar-refractivity contribution in [2.24, 2.45) is 4.99 Å². The van der Waals surface area contributed by atoms with Gasteiger partial charge in [0.25, 0.3) is 0 Å². The molecule has 1 atom stereocenters. The van der Waals surface area contributed by atoms with Gasteiger partial charge in [-0.3, -0.25) is 14.6 Å². The van der Waals surface area contributed by atoms with Gasteiger partial charge < -0.3 is 4.52 Å². The molecule has 4 nitrogen and oxygen atoms in total. The van der Waals surface area contributed by atoms with Gasteiger partial charge in [-0.05, 0) is 26.2 Å². The molecule has 7 heteroatoms. The van der Waals surface area contributed by atoms with Crippen molar-refractivity contribution in [2.45, 2.75) is 58.4 Å². The Labute approximate surface area is 124 Å². The number of rotatable bonds is 9. The summed E-state index contributed by atoms with van der Waals surface area (Å²) < 4.78 is 17.8. The summed E-state index contributed by atoms with van der Waals surface area (Å²) in [5, 5.41) is 2.89. The van der Waals surface area contributed by atoms with Crippen molar-refractivity contribution in [2.75, 3.05) is 12.4 Å². The van der Waals surface area contributed by atoms with E-state index in [1.165, 1.54) is 29.7 Å². The largest absolute Gasteiger partial charge is 0.362 e. The van der Waals surface area contributed by atoms with Gasteiger partial charge in [0.05, 0.1) is 19.0 Å². The van der Waals surface area contributed by atoms with Crippen molar-refractivity contribution in [1.29, 1.82) is 0 Å². The highest BCUT2D eigenvalue weighted by molar-refractivity contribution is 8.99. The average Bonchev–Trinajstić information content (AvgIpc) is 2.40. The van der Waals surface area contributed by atoms with Crippen LogP contribution in [0.25, 0.3) is 0 Å². The molecule has 112 valence electrons. The predicted octanol–water partition coefficient (Wildman–Crippen LogP) is 4.87. The van der Waals surface area contributed by atoms with Gasteiger partial charge in [-0.1, -0.05) is 37.0 Å². The normalized spacial score (nSPS) is 20.5. The van der Waals surface area contributed by atoms with Gasteiger partial charge in [0, 0.05) is 16.2 Å². The van der Waals surface area contributed by atoms with Crippen molar-refractivity contribution < 1.29 is 9.09 Å². The molecule has 1 fully saturated rings.